The van der Waals surface area contributed by atoms with Crippen molar-refractivity contribution in [2.24, 2.45) is 5.92 Å². The SMILES string of the molecule is CC[C@H](C(=O)NCC(C)C)N(Cc1ccccc1)C(=O)COc1ccc(OC)cc1. The topological polar surface area (TPSA) is 67.9 Å². The zero-order valence-corrected chi connectivity index (χ0v) is 18.3. The van der Waals surface area contributed by atoms with Crippen molar-refractivity contribution in [2.45, 2.75) is 39.8 Å². The van der Waals surface area contributed by atoms with Crippen molar-refractivity contribution in [1.82, 2.24) is 10.2 Å². The highest BCUT2D eigenvalue weighted by molar-refractivity contribution is 5.88. The summed E-state index contributed by atoms with van der Waals surface area (Å²) in [5, 5.41) is 2.95. The van der Waals surface area contributed by atoms with E-state index in [0.29, 0.717) is 36.9 Å². The first-order chi connectivity index (χ1) is 14.4. The van der Waals surface area contributed by atoms with Gasteiger partial charge in [-0.05, 0) is 42.2 Å². The van der Waals surface area contributed by atoms with E-state index in [1.54, 1.807) is 36.3 Å². The summed E-state index contributed by atoms with van der Waals surface area (Å²) < 4.78 is 10.8. The molecule has 0 aromatic heterocycles. The maximum atomic E-state index is 13.1. The summed E-state index contributed by atoms with van der Waals surface area (Å²) in [7, 11) is 1.59. The minimum absolute atomic E-state index is 0.139. The Labute approximate surface area is 179 Å². The van der Waals surface area contributed by atoms with Gasteiger partial charge in [-0.2, -0.15) is 0 Å². The number of rotatable bonds is 11. The van der Waals surface area contributed by atoms with Crippen molar-refractivity contribution in [3.8, 4) is 11.5 Å². The van der Waals surface area contributed by atoms with Gasteiger partial charge in [-0.15, -0.1) is 0 Å². The highest BCUT2D eigenvalue weighted by Crippen LogP contribution is 2.18. The second-order valence-corrected chi connectivity index (χ2v) is 7.53. The Morgan fingerprint density at radius 2 is 1.63 bits per heavy atom. The minimum atomic E-state index is -0.559. The third-order valence-electron chi connectivity index (χ3n) is 4.69. The van der Waals surface area contributed by atoms with Gasteiger partial charge in [0.1, 0.15) is 17.5 Å². The number of benzene rings is 2. The lowest BCUT2D eigenvalue weighted by atomic mass is 10.1. The predicted molar refractivity (Wildman–Crippen MR) is 117 cm³/mol. The lowest BCUT2D eigenvalue weighted by Crippen LogP contribution is -2.50. The molecule has 0 fully saturated rings. The van der Waals surface area contributed by atoms with Crippen LogP contribution in [0, 0.1) is 5.92 Å². The second-order valence-electron chi connectivity index (χ2n) is 7.53. The van der Waals surface area contributed by atoms with Gasteiger partial charge in [0, 0.05) is 13.1 Å². The molecule has 0 radical (unpaired) electrons. The molecule has 6 nitrogen and oxygen atoms in total. The fraction of sp³-hybridized carbons (Fsp3) is 0.417. The van der Waals surface area contributed by atoms with E-state index in [1.165, 1.54) is 0 Å². The number of nitrogens with zero attached hydrogens (tertiary/aromatic N) is 1. The number of methoxy groups -OCH3 is 1. The monoisotopic (exact) mass is 412 g/mol. The summed E-state index contributed by atoms with van der Waals surface area (Å²) in [4.78, 5) is 27.5. The van der Waals surface area contributed by atoms with Crippen LogP contribution in [0.25, 0.3) is 0 Å². The van der Waals surface area contributed by atoms with Crippen LogP contribution in [0.2, 0.25) is 0 Å². The summed E-state index contributed by atoms with van der Waals surface area (Å²) in [5.41, 5.74) is 0.963. The molecule has 2 aromatic carbocycles. The van der Waals surface area contributed by atoms with Gasteiger partial charge in [0.05, 0.1) is 7.11 Å². The maximum absolute atomic E-state index is 13.1. The number of ether oxygens (including phenoxy) is 2. The molecule has 6 heteroatoms. The van der Waals surface area contributed by atoms with Crippen LogP contribution in [0.1, 0.15) is 32.8 Å². The molecule has 0 aliphatic heterocycles. The molecule has 0 bridgehead atoms. The fourth-order valence-corrected chi connectivity index (χ4v) is 3.02. The smallest absolute Gasteiger partial charge is 0.261 e. The Kier molecular flexibility index (Phi) is 9.19. The second kappa shape index (κ2) is 11.9. The standard InChI is InChI=1S/C24H32N2O4/c1-5-22(24(28)25-15-18(2)3)26(16-19-9-7-6-8-10-19)23(27)17-30-21-13-11-20(29-4)12-14-21/h6-14,18,22H,5,15-17H2,1-4H3,(H,25,28)/t22-/m1/s1. The summed E-state index contributed by atoms with van der Waals surface area (Å²) in [6, 6.07) is 16.2. The first-order valence-corrected chi connectivity index (χ1v) is 10.3. The van der Waals surface area contributed by atoms with E-state index >= 15 is 0 Å². The normalized spacial score (nSPS) is 11.6. The quantitative estimate of drug-likeness (QED) is 0.612. The molecular weight excluding hydrogens is 380 g/mol. The number of carbonyl (C=O) groups excluding carboxylic acids is 2. The number of hydrogen-bond acceptors (Lipinski definition) is 4. The van der Waals surface area contributed by atoms with Gasteiger partial charge in [-0.25, -0.2) is 0 Å². The molecule has 0 saturated heterocycles. The first kappa shape index (κ1) is 23.3. The van der Waals surface area contributed by atoms with E-state index in [1.807, 2.05) is 51.1 Å². The molecular formula is C24H32N2O4. The van der Waals surface area contributed by atoms with E-state index < -0.39 is 6.04 Å². The number of amides is 2. The van der Waals surface area contributed by atoms with Crippen molar-refractivity contribution < 1.29 is 19.1 Å². The molecule has 1 N–H and O–H groups in total. The van der Waals surface area contributed by atoms with Gasteiger partial charge in [-0.3, -0.25) is 9.59 Å². The Morgan fingerprint density at radius 1 is 1.00 bits per heavy atom. The minimum Gasteiger partial charge on any atom is -0.497 e. The third-order valence-corrected chi connectivity index (χ3v) is 4.69. The van der Waals surface area contributed by atoms with Crippen molar-refractivity contribution in [3.05, 3.63) is 60.2 Å². The highest BCUT2D eigenvalue weighted by atomic mass is 16.5. The largest absolute Gasteiger partial charge is 0.497 e. The van der Waals surface area contributed by atoms with Crippen LogP contribution < -0.4 is 14.8 Å². The Morgan fingerprint density at radius 3 is 2.20 bits per heavy atom. The van der Waals surface area contributed by atoms with Gasteiger partial charge in [0.15, 0.2) is 6.61 Å². The van der Waals surface area contributed by atoms with E-state index in [9.17, 15) is 9.59 Å². The third kappa shape index (κ3) is 7.10. The van der Waals surface area contributed by atoms with Crippen LogP contribution in [0.5, 0.6) is 11.5 Å². The van der Waals surface area contributed by atoms with E-state index in [4.69, 9.17) is 9.47 Å². The lowest BCUT2D eigenvalue weighted by molar-refractivity contribution is -0.143. The van der Waals surface area contributed by atoms with Gasteiger partial charge in [-0.1, -0.05) is 51.1 Å². The van der Waals surface area contributed by atoms with Gasteiger partial charge >= 0.3 is 0 Å². The molecule has 0 spiro atoms. The van der Waals surface area contributed by atoms with Crippen molar-refractivity contribution in [3.63, 3.8) is 0 Å². The van der Waals surface area contributed by atoms with Crippen LogP contribution in [0.15, 0.2) is 54.6 Å². The summed E-state index contributed by atoms with van der Waals surface area (Å²) in [6.45, 7) is 6.76. The average molecular weight is 413 g/mol. The fourth-order valence-electron chi connectivity index (χ4n) is 3.02. The zero-order valence-electron chi connectivity index (χ0n) is 18.3. The molecule has 162 valence electrons. The Bertz CT molecular complexity index is 791. The predicted octanol–water partition coefficient (Wildman–Crippen LogP) is 3.65. The molecule has 2 rings (SSSR count). The van der Waals surface area contributed by atoms with Gasteiger partial charge in [0.2, 0.25) is 5.91 Å². The van der Waals surface area contributed by atoms with Crippen LogP contribution in [0.3, 0.4) is 0 Å². The van der Waals surface area contributed by atoms with E-state index in [2.05, 4.69) is 5.32 Å². The molecule has 2 aromatic rings. The molecule has 0 aliphatic rings. The molecule has 30 heavy (non-hydrogen) atoms. The van der Waals surface area contributed by atoms with Crippen LogP contribution in [0.4, 0.5) is 0 Å². The number of carbonyl (C=O) groups is 2. The first-order valence-electron chi connectivity index (χ1n) is 10.3. The number of nitrogens with one attached hydrogen (secondary N) is 1. The summed E-state index contributed by atoms with van der Waals surface area (Å²) >= 11 is 0. The van der Waals surface area contributed by atoms with Crippen LogP contribution in [-0.2, 0) is 16.1 Å². The average Bonchev–Trinajstić information content (AvgIpc) is 2.76. The molecule has 0 heterocycles. The van der Waals surface area contributed by atoms with Crippen molar-refractivity contribution in [2.75, 3.05) is 20.3 Å². The van der Waals surface area contributed by atoms with E-state index in [-0.39, 0.29) is 18.4 Å². The Hall–Kier alpha value is -3.02. The lowest BCUT2D eigenvalue weighted by Gasteiger charge is -2.30. The molecule has 2 amide bonds. The Balaban J connectivity index is 2.13. The molecule has 0 aliphatic carbocycles. The highest BCUT2D eigenvalue weighted by Gasteiger charge is 2.28. The summed E-state index contributed by atoms with van der Waals surface area (Å²) in [6.07, 6.45) is 0.519. The van der Waals surface area contributed by atoms with E-state index in [0.717, 1.165) is 5.56 Å². The number of hydrogen-bond donors (Lipinski definition) is 1. The maximum Gasteiger partial charge on any atom is 0.261 e. The van der Waals surface area contributed by atoms with Crippen LogP contribution in [-0.4, -0.2) is 43.0 Å². The summed E-state index contributed by atoms with van der Waals surface area (Å²) in [5.74, 6) is 1.25. The van der Waals surface area contributed by atoms with Crippen molar-refractivity contribution in [1.29, 1.82) is 0 Å². The molecule has 1 atom stereocenters. The zero-order chi connectivity index (χ0) is 21.9. The molecule has 0 saturated carbocycles. The van der Waals surface area contributed by atoms with Gasteiger partial charge in [0.25, 0.3) is 5.91 Å². The van der Waals surface area contributed by atoms with Crippen molar-refractivity contribution >= 4 is 11.8 Å². The van der Waals surface area contributed by atoms with Crippen LogP contribution >= 0.6 is 0 Å². The van der Waals surface area contributed by atoms with Gasteiger partial charge < -0.3 is 19.7 Å². The molecule has 0 unspecified atom stereocenters.